The number of hydrogen-bond acceptors (Lipinski definition) is 9. The zero-order valence-corrected chi connectivity index (χ0v) is 23.3. The van der Waals surface area contributed by atoms with Crippen molar-refractivity contribution in [1.29, 1.82) is 5.26 Å². The summed E-state index contributed by atoms with van der Waals surface area (Å²) < 4.78 is 70.9. The second-order valence-corrected chi connectivity index (χ2v) is 9.76. The molecule has 4 heterocycles. The molecule has 1 saturated heterocycles. The minimum atomic E-state index is -5.08. The number of anilines is 1. The number of alkyl halides is 6. The topological polar surface area (TPSA) is 173 Å². The van der Waals surface area contributed by atoms with Gasteiger partial charge in [-0.25, -0.2) is 19.1 Å². The van der Waals surface area contributed by atoms with Crippen molar-refractivity contribution < 1.29 is 56.0 Å². The lowest BCUT2D eigenvalue weighted by molar-refractivity contribution is -0.193. The first kappa shape index (κ1) is 35.6. The van der Waals surface area contributed by atoms with E-state index in [2.05, 4.69) is 26.4 Å². The molecule has 3 aromatic rings. The van der Waals surface area contributed by atoms with E-state index >= 15 is 0 Å². The molecule has 240 valence electrons. The normalized spacial score (nSPS) is 13.9. The maximum atomic E-state index is 10.6. The number of nitriles is 1. The van der Waals surface area contributed by atoms with Gasteiger partial charge in [0.1, 0.15) is 24.2 Å². The van der Waals surface area contributed by atoms with Gasteiger partial charge in [-0.15, -0.1) is 0 Å². The second-order valence-electron chi connectivity index (χ2n) is 9.76. The monoisotopic (exact) mass is 634 g/mol. The number of pyridine rings is 2. The molecule has 0 radical (unpaired) electrons. The molecule has 0 spiro atoms. The van der Waals surface area contributed by atoms with Crippen molar-refractivity contribution in [3.8, 4) is 22.9 Å². The third kappa shape index (κ3) is 10.9. The summed E-state index contributed by atoms with van der Waals surface area (Å²) in [5.41, 5.74) is 1.93. The van der Waals surface area contributed by atoms with Gasteiger partial charge in [0.05, 0.1) is 29.1 Å². The molecule has 0 bridgehead atoms. The molecule has 1 aliphatic heterocycles. The van der Waals surface area contributed by atoms with Gasteiger partial charge in [-0.2, -0.15) is 36.7 Å². The van der Waals surface area contributed by atoms with Crippen molar-refractivity contribution >= 4 is 23.3 Å². The first-order valence-corrected chi connectivity index (χ1v) is 12.6. The fourth-order valence-corrected chi connectivity index (χ4v) is 3.55. The number of carboxylic acids is 2. The van der Waals surface area contributed by atoms with Crippen LogP contribution in [0.2, 0.25) is 0 Å². The van der Waals surface area contributed by atoms with Crippen LogP contribution in [0.4, 0.5) is 32.2 Å². The summed E-state index contributed by atoms with van der Waals surface area (Å²) in [7, 11) is 0. The number of rotatable bonds is 5. The van der Waals surface area contributed by atoms with Crippen molar-refractivity contribution in [1.82, 2.24) is 19.9 Å². The predicted molar refractivity (Wildman–Crippen MR) is 142 cm³/mol. The van der Waals surface area contributed by atoms with Gasteiger partial charge in [0.2, 0.25) is 0 Å². The van der Waals surface area contributed by atoms with E-state index in [9.17, 15) is 36.7 Å². The Morgan fingerprint density at radius 2 is 1.66 bits per heavy atom. The Morgan fingerprint density at radius 3 is 2.16 bits per heavy atom. The number of nitrogens with zero attached hydrogens (tertiary/aromatic N) is 5. The van der Waals surface area contributed by atoms with Crippen LogP contribution in [0.1, 0.15) is 25.8 Å². The van der Waals surface area contributed by atoms with Crippen molar-refractivity contribution in [3.05, 3.63) is 42.4 Å². The number of carbonyl (C=O) groups is 2. The van der Waals surface area contributed by atoms with E-state index in [0.29, 0.717) is 16.8 Å². The summed E-state index contributed by atoms with van der Waals surface area (Å²) in [6, 6.07) is 8.11. The highest BCUT2D eigenvalue weighted by Gasteiger charge is 2.38. The first-order chi connectivity index (χ1) is 20.3. The summed E-state index contributed by atoms with van der Waals surface area (Å²) in [6.45, 7) is 7.41. The van der Waals surface area contributed by atoms with Crippen LogP contribution in [-0.4, -0.2) is 92.6 Å². The Kier molecular flexibility index (Phi) is 11.9. The molecule has 0 saturated carbocycles. The summed E-state index contributed by atoms with van der Waals surface area (Å²) >= 11 is 0. The van der Waals surface area contributed by atoms with E-state index in [4.69, 9.17) is 24.5 Å². The number of nitrogens with one attached hydrogen (secondary N) is 1. The van der Waals surface area contributed by atoms with E-state index in [1.165, 1.54) is 0 Å². The zero-order valence-electron chi connectivity index (χ0n) is 23.3. The van der Waals surface area contributed by atoms with Crippen LogP contribution in [-0.2, 0) is 9.59 Å². The average Bonchev–Trinajstić information content (AvgIpc) is 3.15. The Bertz CT molecular complexity index is 1430. The maximum absolute atomic E-state index is 10.6. The van der Waals surface area contributed by atoms with E-state index in [1.54, 1.807) is 30.8 Å². The summed E-state index contributed by atoms with van der Waals surface area (Å²) in [5.74, 6) is -4.00. The van der Waals surface area contributed by atoms with Crippen LogP contribution in [0, 0.1) is 11.3 Å². The molecule has 1 aliphatic rings. The summed E-state index contributed by atoms with van der Waals surface area (Å²) in [4.78, 5) is 24.8. The van der Waals surface area contributed by atoms with Gasteiger partial charge in [0.25, 0.3) is 0 Å². The Hall–Kier alpha value is -4.63. The third-order valence-electron chi connectivity index (χ3n) is 5.51. The smallest absolute Gasteiger partial charge is 0.489 e. The zero-order chi connectivity index (χ0) is 33.3. The number of halogens is 6. The molecule has 44 heavy (non-hydrogen) atoms. The summed E-state index contributed by atoms with van der Waals surface area (Å²) in [5, 5.41) is 41.5. The Balaban J connectivity index is 0.000000402. The SMILES string of the molecule is CC(C)(O)COc1cc(-c2ccc(N3CCCNCC3)nc2)c2c(C#N)cnn2c1.O=C(O)C(F)(F)F.O=C(O)C(F)(F)F. The highest BCUT2D eigenvalue weighted by atomic mass is 19.4. The third-order valence-corrected chi connectivity index (χ3v) is 5.51. The van der Waals surface area contributed by atoms with Crippen LogP contribution in [0.15, 0.2) is 36.8 Å². The van der Waals surface area contributed by atoms with Gasteiger partial charge in [-0.05, 0) is 45.0 Å². The Labute approximate surface area is 246 Å². The number of fused-ring (bicyclic) bond motifs is 1. The van der Waals surface area contributed by atoms with Gasteiger partial charge in [-0.3, -0.25) is 0 Å². The molecule has 12 nitrogen and oxygen atoms in total. The van der Waals surface area contributed by atoms with Crippen LogP contribution in [0.3, 0.4) is 0 Å². The molecule has 0 atom stereocenters. The fourth-order valence-electron chi connectivity index (χ4n) is 3.55. The number of aliphatic carboxylic acids is 2. The molecular weight excluding hydrogens is 606 g/mol. The van der Waals surface area contributed by atoms with Gasteiger partial charge >= 0.3 is 24.3 Å². The molecular formula is C26H28F6N6O6. The molecule has 3 aromatic heterocycles. The lowest BCUT2D eigenvalue weighted by atomic mass is 10.1. The van der Waals surface area contributed by atoms with Crippen LogP contribution in [0.25, 0.3) is 16.6 Å². The average molecular weight is 635 g/mol. The summed E-state index contributed by atoms with van der Waals surface area (Å²) in [6.07, 6.45) is -3.98. The van der Waals surface area contributed by atoms with Crippen LogP contribution < -0.4 is 15.0 Å². The molecule has 0 aliphatic carbocycles. The molecule has 1 fully saturated rings. The molecule has 4 rings (SSSR count). The number of ether oxygens (including phenoxy) is 1. The van der Waals surface area contributed by atoms with Crippen molar-refractivity contribution in [2.45, 2.75) is 38.2 Å². The van der Waals surface area contributed by atoms with Crippen LogP contribution >= 0.6 is 0 Å². The second kappa shape index (κ2) is 14.7. The molecule has 0 unspecified atom stereocenters. The van der Waals surface area contributed by atoms with Gasteiger partial charge in [0.15, 0.2) is 0 Å². The minimum absolute atomic E-state index is 0.143. The lowest BCUT2D eigenvalue weighted by Crippen LogP contribution is -2.28. The van der Waals surface area contributed by atoms with Crippen molar-refractivity contribution in [2.75, 3.05) is 37.7 Å². The highest BCUT2D eigenvalue weighted by molar-refractivity contribution is 5.85. The number of carboxylic acid groups (broad SMARTS) is 2. The quantitative estimate of drug-likeness (QED) is 0.303. The maximum Gasteiger partial charge on any atom is 0.490 e. The molecule has 18 heteroatoms. The van der Waals surface area contributed by atoms with Crippen LogP contribution in [0.5, 0.6) is 5.75 Å². The Morgan fingerprint density at radius 1 is 1.05 bits per heavy atom. The lowest BCUT2D eigenvalue weighted by Gasteiger charge is -2.21. The van der Waals surface area contributed by atoms with Gasteiger partial charge in [-0.1, -0.05) is 0 Å². The van der Waals surface area contributed by atoms with Gasteiger partial charge < -0.3 is 30.3 Å². The number of aliphatic hydroxyl groups is 1. The largest absolute Gasteiger partial charge is 0.490 e. The van der Waals surface area contributed by atoms with E-state index < -0.39 is 29.9 Å². The van der Waals surface area contributed by atoms with E-state index in [1.807, 2.05) is 24.4 Å². The fraction of sp³-hybridized carbons (Fsp3) is 0.423. The molecule has 0 amide bonds. The molecule has 0 aromatic carbocycles. The number of aromatic nitrogens is 3. The van der Waals surface area contributed by atoms with Crippen molar-refractivity contribution in [2.24, 2.45) is 0 Å². The predicted octanol–water partition coefficient (Wildman–Crippen LogP) is 3.48. The van der Waals surface area contributed by atoms with Crippen molar-refractivity contribution in [3.63, 3.8) is 0 Å². The molecule has 4 N–H and O–H groups in total. The van der Waals surface area contributed by atoms with Gasteiger partial charge in [0, 0.05) is 37.0 Å². The number of hydrogen-bond donors (Lipinski definition) is 4. The standard InChI is InChI=1S/C22H26N6O2.2C2HF3O2/c1-22(2,29)15-30-18-10-19(21-17(11-23)13-26-28(21)14-18)16-4-5-20(25-12-16)27-8-3-6-24-7-9-27;2*3-2(4,5)1(6)7/h4-5,10,12-14,24,29H,3,6-9,15H2,1-2H3;2*(H,6,7). The van der Waals surface area contributed by atoms with E-state index in [-0.39, 0.29) is 6.61 Å². The minimum Gasteiger partial charge on any atom is -0.489 e. The first-order valence-electron chi connectivity index (χ1n) is 12.6. The van der Waals surface area contributed by atoms with E-state index in [0.717, 1.165) is 49.5 Å². The highest BCUT2D eigenvalue weighted by Crippen LogP contribution is 2.31.